The lowest BCUT2D eigenvalue weighted by molar-refractivity contribution is 0.662. The van der Waals surface area contributed by atoms with E-state index in [1.807, 2.05) is 18.2 Å². The molecule has 1 aliphatic heterocycles. The average molecular weight is 310 g/mol. The van der Waals surface area contributed by atoms with Crippen LogP contribution in [0.4, 0.5) is 11.5 Å². The van der Waals surface area contributed by atoms with Crippen molar-refractivity contribution in [1.82, 2.24) is 10.3 Å². The van der Waals surface area contributed by atoms with Gasteiger partial charge in [0.25, 0.3) is 0 Å². The Kier molecular flexibility index (Phi) is 3.22. The molecule has 4 nitrogen and oxygen atoms in total. The fourth-order valence-corrected chi connectivity index (χ4v) is 3.63. The van der Waals surface area contributed by atoms with Crippen molar-refractivity contribution in [3.63, 3.8) is 0 Å². The second kappa shape index (κ2) is 5.25. The van der Waals surface area contributed by atoms with Crippen molar-refractivity contribution in [2.45, 2.75) is 31.7 Å². The predicted molar refractivity (Wildman–Crippen MR) is 92.9 cm³/mol. The molecule has 1 aromatic carbocycles. The highest BCUT2D eigenvalue weighted by atomic mass is 32.1. The first-order chi connectivity index (χ1) is 10.7. The van der Waals surface area contributed by atoms with E-state index in [4.69, 9.17) is 22.9 Å². The van der Waals surface area contributed by atoms with Gasteiger partial charge in [0.15, 0.2) is 5.11 Å². The van der Waals surface area contributed by atoms with Crippen LogP contribution in [0, 0.1) is 0 Å². The average Bonchev–Trinajstić information content (AvgIpc) is 2.55. The van der Waals surface area contributed by atoms with Crippen LogP contribution in [0.25, 0.3) is 0 Å². The fourth-order valence-electron chi connectivity index (χ4n) is 3.42. The topological polar surface area (TPSA) is 63.0 Å². The Balaban J connectivity index is 1.91. The number of hydrogen-bond acceptors (Lipinski definition) is 3. The van der Waals surface area contributed by atoms with Gasteiger partial charge in [0, 0.05) is 16.9 Å². The van der Waals surface area contributed by atoms with Crippen molar-refractivity contribution in [1.29, 1.82) is 0 Å². The molecule has 2 heterocycles. The SMILES string of the molecule is Nc1c2c(nc3c1C(c1ccccc1)NC(=S)N3)CCCC2. The maximum atomic E-state index is 6.53. The summed E-state index contributed by atoms with van der Waals surface area (Å²) in [7, 11) is 0. The lowest BCUT2D eigenvalue weighted by atomic mass is 9.88. The van der Waals surface area contributed by atoms with Crippen LogP contribution in [0.3, 0.4) is 0 Å². The first-order valence-electron chi connectivity index (χ1n) is 7.67. The summed E-state index contributed by atoms with van der Waals surface area (Å²) < 4.78 is 0. The summed E-state index contributed by atoms with van der Waals surface area (Å²) in [6.07, 6.45) is 4.40. The molecule has 1 aromatic heterocycles. The fraction of sp³-hybridized carbons (Fsp3) is 0.294. The number of thiocarbonyl (C=S) groups is 1. The van der Waals surface area contributed by atoms with Crippen molar-refractivity contribution in [3.05, 3.63) is 52.7 Å². The van der Waals surface area contributed by atoms with Gasteiger partial charge in [0.2, 0.25) is 0 Å². The van der Waals surface area contributed by atoms with Crippen molar-refractivity contribution in [2.24, 2.45) is 0 Å². The van der Waals surface area contributed by atoms with Crippen molar-refractivity contribution in [3.8, 4) is 0 Å². The zero-order chi connectivity index (χ0) is 15.1. The van der Waals surface area contributed by atoms with Crippen LogP contribution in [0.2, 0.25) is 0 Å². The summed E-state index contributed by atoms with van der Waals surface area (Å²) in [5, 5.41) is 7.12. The van der Waals surface area contributed by atoms with E-state index in [-0.39, 0.29) is 6.04 Å². The van der Waals surface area contributed by atoms with Crippen LogP contribution < -0.4 is 16.4 Å². The first-order valence-corrected chi connectivity index (χ1v) is 8.08. The van der Waals surface area contributed by atoms with E-state index >= 15 is 0 Å². The summed E-state index contributed by atoms with van der Waals surface area (Å²) >= 11 is 5.35. The Labute approximate surface area is 135 Å². The molecule has 1 aliphatic carbocycles. The number of nitrogens with one attached hydrogen (secondary N) is 2. The molecule has 0 radical (unpaired) electrons. The van der Waals surface area contributed by atoms with Gasteiger partial charge in [0.1, 0.15) is 5.82 Å². The largest absolute Gasteiger partial charge is 0.398 e. The second-order valence-corrected chi connectivity index (χ2v) is 6.27. The van der Waals surface area contributed by atoms with E-state index in [9.17, 15) is 0 Å². The zero-order valence-electron chi connectivity index (χ0n) is 12.2. The molecule has 0 saturated heterocycles. The number of pyridine rings is 1. The van der Waals surface area contributed by atoms with Crippen LogP contribution in [-0.2, 0) is 12.8 Å². The number of nitrogens with zero attached hydrogens (tertiary/aromatic N) is 1. The van der Waals surface area contributed by atoms with Crippen molar-refractivity contribution < 1.29 is 0 Å². The molecular formula is C17H18N4S. The molecule has 1 atom stereocenters. The lowest BCUT2D eigenvalue weighted by Crippen LogP contribution is -2.39. The molecule has 2 aromatic rings. The third-order valence-electron chi connectivity index (χ3n) is 4.48. The Morgan fingerprint density at radius 2 is 1.91 bits per heavy atom. The Morgan fingerprint density at radius 1 is 1.14 bits per heavy atom. The highest BCUT2D eigenvalue weighted by Crippen LogP contribution is 2.39. The number of nitrogen functional groups attached to an aromatic ring is 1. The number of nitrogens with two attached hydrogens (primary N) is 1. The Bertz CT molecular complexity index is 742. The lowest BCUT2D eigenvalue weighted by Gasteiger charge is -2.32. The molecule has 0 spiro atoms. The van der Waals surface area contributed by atoms with E-state index in [0.29, 0.717) is 5.11 Å². The molecule has 112 valence electrons. The summed E-state index contributed by atoms with van der Waals surface area (Å²) in [6.45, 7) is 0. The molecule has 22 heavy (non-hydrogen) atoms. The number of hydrogen-bond donors (Lipinski definition) is 3. The summed E-state index contributed by atoms with van der Waals surface area (Å²) in [5.74, 6) is 0.816. The standard InChI is InChI=1S/C17H18N4S/c18-14-11-8-4-5-9-12(11)19-16-13(14)15(20-17(22)21-16)10-6-2-1-3-7-10/h1-3,6-7,15H,4-5,8-9H2,(H4,18,19,20,21,22). The van der Waals surface area contributed by atoms with Gasteiger partial charge in [-0.2, -0.15) is 0 Å². The van der Waals surface area contributed by atoms with E-state index in [1.165, 1.54) is 18.4 Å². The molecule has 0 bridgehead atoms. The minimum Gasteiger partial charge on any atom is -0.398 e. The van der Waals surface area contributed by atoms with Gasteiger partial charge in [-0.05, 0) is 49.0 Å². The highest BCUT2D eigenvalue weighted by molar-refractivity contribution is 7.80. The van der Waals surface area contributed by atoms with Gasteiger partial charge in [-0.3, -0.25) is 0 Å². The second-order valence-electron chi connectivity index (χ2n) is 5.86. The maximum Gasteiger partial charge on any atom is 0.172 e. The number of aryl methyl sites for hydroxylation is 1. The van der Waals surface area contributed by atoms with Crippen LogP contribution in [0.5, 0.6) is 0 Å². The Morgan fingerprint density at radius 3 is 2.73 bits per heavy atom. The predicted octanol–water partition coefficient (Wildman–Crippen LogP) is 2.93. The number of fused-ring (bicyclic) bond motifs is 2. The molecule has 0 amide bonds. The van der Waals surface area contributed by atoms with Gasteiger partial charge < -0.3 is 16.4 Å². The smallest absolute Gasteiger partial charge is 0.172 e. The molecule has 0 saturated carbocycles. The number of rotatable bonds is 1. The Hall–Kier alpha value is -2.14. The quantitative estimate of drug-likeness (QED) is 0.707. The van der Waals surface area contributed by atoms with Gasteiger partial charge in [0.05, 0.1) is 6.04 Å². The molecule has 2 aliphatic rings. The summed E-state index contributed by atoms with van der Waals surface area (Å²) in [5.41, 5.74) is 11.9. The number of benzene rings is 1. The van der Waals surface area contributed by atoms with Crippen molar-refractivity contribution >= 4 is 28.8 Å². The third-order valence-corrected chi connectivity index (χ3v) is 4.70. The molecule has 1 unspecified atom stereocenters. The van der Waals surface area contributed by atoms with E-state index in [1.54, 1.807) is 0 Å². The maximum absolute atomic E-state index is 6.53. The van der Waals surface area contributed by atoms with Gasteiger partial charge in [-0.25, -0.2) is 4.98 Å². The van der Waals surface area contributed by atoms with Crippen molar-refractivity contribution in [2.75, 3.05) is 11.1 Å². The van der Waals surface area contributed by atoms with Gasteiger partial charge in [-0.15, -0.1) is 0 Å². The van der Waals surface area contributed by atoms with Crippen LogP contribution in [-0.4, -0.2) is 10.1 Å². The minimum absolute atomic E-state index is 0.0373. The number of aromatic nitrogens is 1. The van der Waals surface area contributed by atoms with Crippen LogP contribution in [0.1, 0.15) is 41.3 Å². The van der Waals surface area contributed by atoms with E-state index in [2.05, 4.69) is 22.8 Å². The molecule has 0 fully saturated rings. The van der Waals surface area contributed by atoms with E-state index in [0.717, 1.165) is 41.2 Å². The molecule has 4 rings (SSSR count). The molecule has 5 heteroatoms. The van der Waals surface area contributed by atoms with Crippen LogP contribution >= 0.6 is 12.2 Å². The van der Waals surface area contributed by atoms with Gasteiger partial charge in [-0.1, -0.05) is 30.3 Å². The normalized spacial score (nSPS) is 19.6. The molecular weight excluding hydrogens is 292 g/mol. The van der Waals surface area contributed by atoms with Gasteiger partial charge >= 0.3 is 0 Å². The summed E-state index contributed by atoms with van der Waals surface area (Å²) in [6, 6.07) is 10.2. The first kappa shape index (κ1) is 13.5. The van der Waals surface area contributed by atoms with E-state index < -0.39 is 0 Å². The minimum atomic E-state index is -0.0373. The zero-order valence-corrected chi connectivity index (χ0v) is 13.0. The summed E-state index contributed by atoms with van der Waals surface area (Å²) in [4.78, 5) is 4.82. The third kappa shape index (κ3) is 2.13. The molecule has 4 N–H and O–H groups in total. The van der Waals surface area contributed by atoms with Crippen LogP contribution in [0.15, 0.2) is 30.3 Å². The highest BCUT2D eigenvalue weighted by Gasteiger charge is 2.30. The monoisotopic (exact) mass is 310 g/mol. The number of anilines is 2.